The highest BCUT2D eigenvalue weighted by molar-refractivity contribution is 5.85. The molecule has 0 aliphatic heterocycles. The van der Waals surface area contributed by atoms with Gasteiger partial charge in [-0.1, -0.05) is 56.3 Å². The van der Waals surface area contributed by atoms with Crippen molar-refractivity contribution in [3.8, 4) is 0 Å². The Balaban J connectivity index is 2.08. The van der Waals surface area contributed by atoms with E-state index >= 15 is 0 Å². The van der Waals surface area contributed by atoms with Gasteiger partial charge in [0.15, 0.2) is 0 Å². The summed E-state index contributed by atoms with van der Waals surface area (Å²) < 4.78 is 5.72. The summed E-state index contributed by atoms with van der Waals surface area (Å²) in [5, 5.41) is 11.7. The number of fused-ring (bicyclic) bond motifs is 1. The minimum Gasteiger partial charge on any atom is -0.396 e. The van der Waals surface area contributed by atoms with Crippen molar-refractivity contribution in [2.45, 2.75) is 20.5 Å². The summed E-state index contributed by atoms with van der Waals surface area (Å²) in [5.74, 6) is 0. The van der Waals surface area contributed by atoms with Crippen molar-refractivity contribution in [2.24, 2.45) is 5.41 Å². The summed E-state index contributed by atoms with van der Waals surface area (Å²) >= 11 is 0. The lowest BCUT2D eigenvalue weighted by Crippen LogP contribution is -2.23. The number of hydrogen-bond acceptors (Lipinski definition) is 2. The van der Waals surface area contributed by atoms with E-state index in [-0.39, 0.29) is 12.0 Å². The zero-order valence-corrected chi connectivity index (χ0v) is 11.0. The van der Waals surface area contributed by atoms with Gasteiger partial charge < -0.3 is 9.84 Å². The number of ether oxygens (including phenoxy) is 1. The molecule has 0 amide bonds. The fourth-order valence-corrected chi connectivity index (χ4v) is 1.90. The molecule has 0 saturated heterocycles. The van der Waals surface area contributed by atoms with Crippen molar-refractivity contribution >= 4 is 10.8 Å². The van der Waals surface area contributed by atoms with E-state index in [0.717, 1.165) is 0 Å². The Morgan fingerprint density at radius 3 is 2.56 bits per heavy atom. The van der Waals surface area contributed by atoms with E-state index in [2.05, 4.69) is 30.3 Å². The topological polar surface area (TPSA) is 29.5 Å². The molecule has 0 bridgehead atoms. The number of aliphatic hydroxyl groups excluding tert-OH is 1. The van der Waals surface area contributed by atoms with Gasteiger partial charge in [-0.3, -0.25) is 0 Å². The Hall–Kier alpha value is -1.38. The monoisotopic (exact) mass is 244 g/mol. The van der Waals surface area contributed by atoms with Gasteiger partial charge in [0.25, 0.3) is 0 Å². The van der Waals surface area contributed by atoms with Crippen LogP contribution in [-0.2, 0) is 11.3 Å². The molecule has 0 unspecified atom stereocenters. The summed E-state index contributed by atoms with van der Waals surface area (Å²) in [6, 6.07) is 14.6. The van der Waals surface area contributed by atoms with Crippen LogP contribution in [0, 0.1) is 5.41 Å². The first-order chi connectivity index (χ1) is 8.62. The molecular formula is C16H20O2. The summed E-state index contributed by atoms with van der Waals surface area (Å²) in [6.45, 7) is 5.28. The molecule has 0 fully saturated rings. The van der Waals surface area contributed by atoms with E-state index in [4.69, 9.17) is 4.74 Å². The van der Waals surface area contributed by atoms with Crippen molar-refractivity contribution in [3.05, 3.63) is 48.0 Å². The molecule has 0 heterocycles. The van der Waals surface area contributed by atoms with Crippen LogP contribution in [0.1, 0.15) is 19.4 Å². The largest absolute Gasteiger partial charge is 0.396 e. The Bertz CT molecular complexity index is 512. The lowest BCUT2D eigenvalue weighted by atomic mass is 9.96. The van der Waals surface area contributed by atoms with E-state index in [1.807, 2.05) is 26.0 Å². The Kier molecular flexibility index (Phi) is 4.00. The SMILES string of the molecule is CC(C)(CO)COCc1cccc2ccccc12. The van der Waals surface area contributed by atoms with Gasteiger partial charge in [0, 0.05) is 5.41 Å². The van der Waals surface area contributed by atoms with Crippen molar-refractivity contribution in [1.82, 2.24) is 0 Å². The maximum absolute atomic E-state index is 9.18. The molecule has 18 heavy (non-hydrogen) atoms. The zero-order valence-electron chi connectivity index (χ0n) is 11.0. The van der Waals surface area contributed by atoms with E-state index in [9.17, 15) is 5.11 Å². The molecular weight excluding hydrogens is 224 g/mol. The van der Waals surface area contributed by atoms with Crippen LogP contribution in [0.15, 0.2) is 42.5 Å². The van der Waals surface area contributed by atoms with Gasteiger partial charge in [-0.05, 0) is 16.3 Å². The molecule has 96 valence electrons. The van der Waals surface area contributed by atoms with Crippen LogP contribution < -0.4 is 0 Å². The molecule has 0 aliphatic rings. The zero-order chi connectivity index (χ0) is 13.0. The van der Waals surface area contributed by atoms with Crippen LogP contribution >= 0.6 is 0 Å². The molecule has 0 aromatic heterocycles. The molecule has 0 saturated carbocycles. The maximum atomic E-state index is 9.18. The van der Waals surface area contributed by atoms with Gasteiger partial charge >= 0.3 is 0 Å². The average molecular weight is 244 g/mol. The van der Waals surface area contributed by atoms with E-state index < -0.39 is 0 Å². The third-order valence-corrected chi connectivity index (χ3v) is 3.06. The molecule has 0 aliphatic carbocycles. The number of aliphatic hydroxyl groups is 1. The van der Waals surface area contributed by atoms with E-state index in [1.165, 1.54) is 16.3 Å². The van der Waals surface area contributed by atoms with Crippen LogP contribution in [0.25, 0.3) is 10.8 Å². The second-order valence-corrected chi connectivity index (χ2v) is 5.45. The molecule has 0 atom stereocenters. The van der Waals surface area contributed by atoms with E-state index in [1.54, 1.807) is 0 Å². The van der Waals surface area contributed by atoms with Gasteiger partial charge in [-0.15, -0.1) is 0 Å². The predicted molar refractivity (Wildman–Crippen MR) is 74.5 cm³/mol. The molecule has 2 nitrogen and oxygen atoms in total. The van der Waals surface area contributed by atoms with Gasteiger partial charge in [0.05, 0.1) is 19.8 Å². The Morgan fingerprint density at radius 2 is 1.78 bits per heavy atom. The first-order valence-corrected chi connectivity index (χ1v) is 6.28. The highest BCUT2D eigenvalue weighted by atomic mass is 16.5. The molecule has 0 spiro atoms. The van der Waals surface area contributed by atoms with Crippen molar-refractivity contribution in [1.29, 1.82) is 0 Å². The summed E-state index contributed by atoms with van der Waals surface area (Å²) in [4.78, 5) is 0. The first kappa shape index (κ1) is 13.1. The molecule has 2 rings (SSSR count). The average Bonchev–Trinajstić information content (AvgIpc) is 2.39. The number of rotatable bonds is 5. The van der Waals surface area contributed by atoms with Gasteiger partial charge in [-0.2, -0.15) is 0 Å². The Labute approximate surface area is 108 Å². The van der Waals surface area contributed by atoms with Crippen molar-refractivity contribution < 1.29 is 9.84 Å². The standard InChI is InChI=1S/C16H20O2/c1-16(2,11-17)12-18-10-14-8-5-7-13-6-3-4-9-15(13)14/h3-9,17H,10-12H2,1-2H3. The third-order valence-electron chi connectivity index (χ3n) is 3.06. The molecule has 1 N–H and O–H groups in total. The normalized spacial score (nSPS) is 11.9. The van der Waals surface area contributed by atoms with Crippen LogP contribution in [0.2, 0.25) is 0 Å². The Morgan fingerprint density at radius 1 is 1.06 bits per heavy atom. The van der Waals surface area contributed by atoms with Gasteiger partial charge in [-0.25, -0.2) is 0 Å². The highest BCUT2D eigenvalue weighted by Gasteiger charge is 2.16. The lowest BCUT2D eigenvalue weighted by molar-refractivity contribution is 0.0202. The van der Waals surface area contributed by atoms with Crippen LogP contribution in [0.3, 0.4) is 0 Å². The van der Waals surface area contributed by atoms with Crippen molar-refractivity contribution in [2.75, 3.05) is 13.2 Å². The lowest BCUT2D eigenvalue weighted by Gasteiger charge is -2.21. The number of benzene rings is 2. The fraction of sp³-hybridized carbons (Fsp3) is 0.375. The predicted octanol–water partition coefficient (Wildman–Crippen LogP) is 3.37. The minimum absolute atomic E-state index is 0.141. The van der Waals surface area contributed by atoms with Gasteiger partial charge in [0.1, 0.15) is 0 Å². The maximum Gasteiger partial charge on any atom is 0.0723 e. The smallest absolute Gasteiger partial charge is 0.0723 e. The van der Waals surface area contributed by atoms with Crippen LogP contribution in [0.4, 0.5) is 0 Å². The summed E-state index contributed by atoms with van der Waals surface area (Å²) in [7, 11) is 0. The number of hydrogen-bond donors (Lipinski definition) is 1. The van der Waals surface area contributed by atoms with Crippen LogP contribution in [-0.4, -0.2) is 18.3 Å². The molecule has 2 aromatic rings. The van der Waals surface area contributed by atoms with Crippen LogP contribution in [0.5, 0.6) is 0 Å². The van der Waals surface area contributed by atoms with Crippen molar-refractivity contribution in [3.63, 3.8) is 0 Å². The second kappa shape index (κ2) is 5.51. The third kappa shape index (κ3) is 3.09. The second-order valence-electron chi connectivity index (χ2n) is 5.45. The summed E-state index contributed by atoms with van der Waals surface area (Å²) in [6.07, 6.45) is 0. The van der Waals surface area contributed by atoms with Gasteiger partial charge in [0.2, 0.25) is 0 Å². The summed E-state index contributed by atoms with van der Waals surface area (Å²) in [5.41, 5.74) is 1.02. The molecule has 0 radical (unpaired) electrons. The minimum atomic E-state index is -0.176. The molecule has 2 heteroatoms. The molecule has 2 aromatic carbocycles. The van der Waals surface area contributed by atoms with E-state index in [0.29, 0.717) is 13.2 Å². The first-order valence-electron chi connectivity index (χ1n) is 6.28. The fourth-order valence-electron chi connectivity index (χ4n) is 1.90. The quantitative estimate of drug-likeness (QED) is 0.873. The highest BCUT2D eigenvalue weighted by Crippen LogP contribution is 2.20.